The molecule has 0 unspecified atom stereocenters. The summed E-state index contributed by atoms with van der Waals surface area (Å²) in [6.07, 6.45) is 3.22. The maximum atomic E-state index is 12.9. The van der Waals surface area contributed by atoms with Gasteiger partial charge in [0.2, 0.25) is 0 Å². The second kappa shape index (κ2) is 11.2. The average molecular weight is 464 g/mol. The topological polar surface area (TPSA) is 60.9 Å². The van der Waals surface area contributed by atoms with E-state index in [1.807, 2.05) is 0 Å². The Morgan fingerprint density at radius 1 is 0.939 bits per heavy atom. The summed E-state index contributed by atoms with van der Waals surface area (Å²) in [5.41, 5.74) is 1.91. The van der Waals surface area contributed by atoms with E-state index in [0.717, 1.165) is 17.7 Å². The van der Waals surface area contributed by atoms with Gasteiger partial charge in [-0.2, -0.15) is 17.6 Å². The number of alkyl halides is 4. The highest BCUT2D eigenvalue weighted by Crippen LogP contribution is 2.37. The minimum absolute atomic E-state index is 0.197. The van der Waals surface area contributed by atoms with Crippen LogP contribution in [0.15, 0.2) is 67.0 Å². The summed E-state index contributed by atoms with van der Waals surface area (Å²) in [6, 6.07) is 13.7. The van der Waals surface area contributed by atoms with Crippen molar-refractivity contribution in [2.45, 2.75) is 26.7 Å². The highest BCUT2D eigenvalue weighted by atomic mass is 19.3. The second-order valence-electron chi connectivity index (χ2n) is 6.61. The van der Waals surface area contributed by atoms with E-state index >= 15 is 0 Å². The first-order valence-corrected chi connectivity index (χ1v) is 9.84. The Morgan fingerprint density at radius 2 is 1.67 bits per heavy atom. The van der Waals surface area contributed by atoms with Crippen LogP contribution in [0.25, 0.3) is 0 Å². The molecule has 0 N–H and O–H groups in total. The molecule has 0 amide bonds. The van der Waals surface area contributed by atoms with Crippen molar-refractivity contribution in [3.8, 4) is 11.5 Å². The number of anilines is 2. The van der Waals surface area contributed by atoms with Crippen LogP contribution in [-0.2, 0) is 11.3 Å². The number of nitrogens with zero attached hydrogens (tertiary/aromatic N) is 2. The highest BCUT2D eigenvalue weighted by molar-refractivity contribution is 5.91. The molecule has 3 aromatic rings. The van der Waals surface area contributed by atoms with Crippen molar-refractivity contribution in [1.82, 2.24) is 4.98 Å². The minimum Gasteiger partial charge on any atom is -0.462 e. The number of benzene rings is 2. The number of halogens is 4. The van der Waals surface area contributed by atoms with Gasteiger partial charge in [-0.05, 0) is 48.9 Å². The Bertz CT molecular complexity index is 1070. The molecular formula is C23H20F4N2O4. The summed E-state index contributed by atoms with van der Waals surface area (Å²) in [5.74, 6) is -1.61. The number of rotatable bonds is 10. The van der Waals surface area contributed by atoms with Crippen LogP contribution < -0.4 is 14.4 Å². The largest absolute Gasteiger partial charge is 0.462 e. The summed E-state index contributed by atoms with van der Waals surface area (Å²) in [4.78, 5) is 18.0. The number of hydrogen-bond donors (Lipinski definition) is 0. The number of hydrogen-bond acceptors (Lipinski definition) is 6. The van der Waals surface area contributed by atoms with Crippen LogP contribution in [0.3, 0.4) is 0 Å². The molecule has 1 heterocycles. The third-order valence-electron chi connectivity index (χ3n) is 4.40. The average Bonchev–Trinajstić information content (AvgIpc) is 2.79. The van der Waals surface area contributed by atoms with Crippen molar-refractivity contribution in [2.24, 2.45) is 0 Å². The number of carbonyl (C=O) groups excluding carboxylic acids is 1. The number of pyridine rings is 1. The highest BCUT2D eigenvalue weighted by Gasteiger charge is 2.19. The molecule has 10 heteroatoms. The summed E-state index contributed by atoms with van der Waals surface area (Å²) in [6.45, 7) is -4.36. The van der Waals surface area contributed by atoms with Crippen molar-refractivity contribution in [3.05, 3.63) is 78.1 Å². The molecule has 33 heavy (non-hydrogen) atoms. The Kier molecular flexibility index (Phi) is 8.06. The minimum atomic E-state index is -3.25. The normalized spacial score (nSPS) is 10.9. The van der Waals surface area contributed by atoms with Crippen molar-refractivity contribution in [3.63, 3.8) is 0 Å². The smallest absolute Gasteiger partial charge is 0.387 e. The molecule has 0 aliphatic rings. The molecule has 0 bridgehead atoms. The van der Waals surface area contributed by atoms with Gasteiger partial charge in [-0.1, -0.05) is 12.1 Å². The zero-order valence-electron chi connectivity index (χ0n) is 17.5. The summed E-state index contributed by atoms with van der Waals surface area (Å²) in [7, 11) is 0. The second-order valence-corrected chi connectivity index (χ2v) is 6.61. The van der Waals surface area contributed by atoms with E-state index < -0.39 is 30.7 Å². The molecule has 0 saturated carbocycles. The first-order valence-electron chi connectivity index (χ1n) is 9.84. The zero-order valence-corrected chi connectivity index (χ0v) is 17.5. The standard InChI is InChI=1S/C23H20F4N2O4/c1-2-31-21(30)16-6-3-7-17(11-16)29(14-15-5-4-10-28-13-15)18-8-9-19(32-22(24)25)20(12-18)33-23(26)27/h3-13,22-23H,2,14H2,1H3. The van der Waals surface area contributed by atoms with Gasteiger partial charge in [0.15, 0.2) is 11.5 Å². The molecule has 0 saturated heterocycles. The van der Waals surface area contributed by atoms with Gasteiger partial charge in [0.25, 0.3) is 0 Å². The Morgan fingerprint density at radius 3 is 2.33 bits per heavy atom. The molecule has 6 nitrogen and oxygen atoms in total. The number of esters is 1. The van der Waals surface area contributed by atoms with Crippen LogP contribution in [-0.4, -0.2) is 30.8 Å². The van der Waals surface area contributed by atoms with Gasteiger partial charge in [-0.3, -0.25) is 4.98 Å². The number of carbonyl (C=O) groups is 1. The van der Waals surface area contributed by atoms with Crippen molar-refractivity contribution >= 4 is 17.3 Å². The lowest BCUT2D eigenvalue weighted by atomic mass is 10.1. The molecule has 0 spiro atoms. The van der Waals surface area contributed by atoms with Gasteiger partial charge in [-0.15, -0.1) is 0 Å². The van der Waals surface area contributed by atoms with Gasteiger partial charge >= 0.3 is 19.2 Å². The predicted octanol–water partition coefficient (Wildman–Crippen LogP) is 5.80. The molecule has 2 aromatic carbocycles. The number of aromatic nitrogens is 1. The first-order chi connectivity index (χ1) is 15.9. The van der Waals surface area contributed by atoms with Crippen LogP contribution in [0.1, 0.15) is 22.8 Å². The maximum absolute atomic E-state index is 12.9. The molecule has 0 aliphatic heterocycles. The summed E-state index contributed by atoms with van der Waals surface area (Å²) < 4.78 is 65.0. The molecule has 0 radical (unpaired) electrons. The zero-order chi connectivity index (χ0) is 23.8. The fraction of sp³-hybridized carbons (Fsp3) is 0.217. The lowest BCUT2D eigenvalue weighted by molar-refractivity contribution is -0.0692. The molecule has 0 fully saturated rings. The van der Waals surface area contributed by atoms with Gasteiger partial charge in [0.05, 0.1) is 12.2 Å². The van der Waals surface area contributed by atoms with Crippen molar-refractivity contribution in [2.75, 3.05) is 11.5 Å². The SMILES string of the molecule is CCOC(=O)c1cccc(N(Cc2cccnc2)c2ccc(OC(F)F)c(OC(F)F)c2)c1. The van der Waals surface area contributed by atoms with Gasteiger partial charge in [0.1, 0.15) is 0 Å². The van der Waals surface area contributed by atoms with Gasteiger partial charge in [0, 0.05) is 36.4 Å². The van der Waals surface area contributed by atoms with E-state index in [-0.39, 0.29) is 18.7 Å². The third kappa shape index (κ3) is 6.58. The summed E-state index contributed by atoms with van der Waals surface area (Å²) >= 11 is 0. The lowest BCUT2D eigenvalue weighted by Gasteiger charge is -2.26. The monoisotopic (exact) mass is 464 g/mol. The molecule has 0 atom stereocenters. The van der Waals surface area contributed by atoms with Crippen LogP contribution >= 0.6 is 0 Å². The summed E-state index contributed by atoms with van der Waals surface area (Å²) in [5, 5.41) is 0. The van der Waals surface area contributed by atoms with Gasteiger partial charge < -0.3 is 19.1 Å². The first kappa shape index (κ1) is 23.8. The van der Waals surface area contributed by atoms with E-state index in [9.17, 15) is 22.4 Å². The van der Waals surface area contributed by atoms with Crippen molar-refractivity contribution in [1.29, 1.82) is 0 Å². The van der Waals surface area contributed by atoms with E-state index in [0.29, 0.717) is 11.4 Å². The quantitative estimate of drug-likeness (QED) is 0.279. The maximum Gasteiger partial charge on any atom is 0.387 e. The van der Waals surface area contributed by atoms with E-state index in [1.54, 1.807) is 60.6 Å². The van der Waals surface area contributed by atoms with Crippen LogP contribution in [0.4, 0.5) is 28.9 Å². The number of ether oxygens (including phenoxy) is 3. The molecular weight excluding hydrogens is 444 g/mol. The Hall–Kier alpha value is -3.82. The van der Waals surface area contributed by atoms with E-state index in [1.165, 1.54) is 6.07 Å². The Labute approximate surface area is 187 Å². The third-order valence-corrected chi connectivity index (χ3v) is 4.40. The molecule has 1 aromatic heterocycles. The van der Waals surface area contributed by atoms with Crippen LogP contribution in [0, 0.1) is 0 Å². The Balaban J connectivity index is 2.06. The molecule has 174 valence electrons. The lowest BCUT2D eigenvalue weighted by Crippen LogP contribution is -2.18. The predicted molar refractivity (Wildman–Crippen MR) is 112 cm³/mol. The van der Waals surface area contributed by atoms with E-state index in [2.05, 4.69) is 14.5 Å². The van der Waals surface area contributed by atoms with Crippen molar-refractivity contribution < 1.29 is 36.6 Å². The molecule has 3 rings (SSSR count). The van der Waals surface area contributed by atoms with E-state index in [4.69, 9.17) is 4.74 Å². The fourth-order valence-corrected chi connectivity index (χ4v) is 3.07. The fourth-order valence-electron chi connectivity index (χ4n) is 3.07. The van der Waals surface area contributed by atoms with Gasteiger partial charge in [-0.25, -0.2) is 4.79 Å². The van der Waals surface area contributed by atoms with Crippen LogP contribution in [0.5, 0.6) is 11.5 Å². The molecule has 0 aliphatic carbocycles. The van der Waals surface area contributed by atoms with Crippen LogP contribution in [0.2, 0.25) is 0 Å².